The number of esters is 1. The van der Waals surface area contributed by atoms with E-state index in [0.717, 1.165) is 4.31 Å². The number of hydrogen-bond donors (Lipinski definition) is 1. The number of benzene rings is 2. The molecule has 0 bridgehead atoms. The van der Waals surface area contributed by atoms with Crippen LogP contribution in [0, 0.1) is 6.92 Å². The Hall–Kier alpha value is -3.21. The van der Waals surface area contributed by atoms with E-state index in [0.29, 0.717) is 11.3 Å². The van der Waals surface area contributed by atoms with Crippen molar-refractivity contribution >= 4 is 39.2 Å². The lowest BCUT2D eigenvalue weighted by Gasteiger charge is -2.14. The van der Waals surface area contributed by atoms with Crippen molar-refractivity contribution < 1.29 is 27.3 Å². The van der Waals surface area contributed by atoms with E-state index in [9.17, 15) is 18.0 Å². The summed E-state index contributed by atoms with van der Waals surface area (Å²) < 4.78 is 36.0. The fourth-order valence-electron chi connectivity index (χ4n) is 2.78. The van der Waals surface area contributed by atoms with Gasteiger partial charge < -0.3 is 14.6 Å². The monoisotopic (exact) mass is 477 g/mol. The zero-order chi connectivity index (χ0) is 23.5. The van der Waals surface area contributed by atoms with E-state index < -0.39 is 28.5 Å². The molecule has 0 aliphatic carbocycles. The van der Waals surface area contributed by atoms with Crippen LogP contribution in [0.15, 0.2) is 57.9 Å². The number of aromatic nitrogens is 1. The van der Waals surface area contributed by atoms with Gasteiger partial charge in [0.2, 0.25) is 10.0 Å². The third-order valence-electron chi connectivity index (χ3n) is 4.42. The van der Waals surface area contributed by atoms with Gasteiger partial charge >= 0.3 is 5.97 Å². The molecule has 1 heterocycles. The highest BCUT2D eigenvalue weighted by atomic mass is 35.5. The van der Waals surface area contributed by atoms with Crippen LogP contribution >= 0.6 is 11.6 Å². The molecule has 0 saturated heterocycles. The van der Waals surface area contributed by atoms with E-state index in [4.69, 9.17) is 20.9 Å². The van der Waals surface area contributed by atoms with Crippen molar-refractivity contribution in [3.8, 4) is 11.3 Å². The van der Waals surface area contributed by atoms with Crippen LogP contribution in [0.25, 0.3) is 11.3 Å². The van der Waals surface area contributed by atoms with E-state index in [1.165, 1.54) is 32.3 Å². The largest absolute Gasteiger partial charge is 0.452 e. The van der Waals surface area contributed by atoms with E-state index in [2.05, 4.69) is 10.5 Å². The van der Waals surface area contributed by atoms with Crippen molar-refractivity contribution in [2.75, 3.05) is 26.0 Å². The predicted molar refractivity (Wildman–Crippen MR) is 118 cm³/mol. The van der Waals surface area contributed by atoms with Crippen molar-refractivity contribution in [3.05, 3.63) is 64.9 Å². The highest BCUT2D eigenvalue weighted by Gasteiger charge is 2.24. The molecular weight excluding hydrogens is 458 g/mol. The van der Waals surface area contributed by atoms with Crippen LogP contribution in [0.5, 0.6) is 0 Å². The summed E-state index contributed by atoms with van der Waals surface area (Å²) in [7, 11) is -1.07. The van der Waals surface area contributed by atoms with Crippen molar-refractivity contribution in [2.24, 2.45) is 0 Å². The summed E-state index contributed by atoms with van der Waals surface area (Å²) in [5.74, 6) is -1.18. The topological polar surface area (TPSA) is 119 Å². The number of hydrogen-bond acceptors (Lipinski definition) is 7. The lowest BCUT2D eigenvalue weighted by atomic mass is 10.1. The van der Waals surface area contributed by atoms with E-state index >= 15 is 0 Å². The van der Waals surface area contributed by atoms with Crippen LogP contribution in [-0.4, -0.2) is 50.5 Å². The second-order valence-corrected chi connectivity index (χ2v) is 9.41. The fraction of sp³-hybridized carbons (Fsp3) is 0.190. The number of carbonyl (C=O) groups is 2. The Bertz CT molecular complexity index is 1260. The van der Waals surface area contributed by atoms with E-state index in [1.54, 1.807) is 31.2 Å². The van der Waals surface area contributed by atoms with Gasteiger partial charge in [-0.1, -0.05) is 47.1 Å². The van der Waals surface area contributed by atoms with Gasteiger partial charge in [-0.2, -0.15) is 0 Å². The lowest BCUT2D eigenvalue weighted by molar-refractivity contribution is -0.119. The predicted octanol–water partition coefficient (Wildman–Crippen LogP) is 3.35. The summed E-state index contributed by atoms with van der Waals surface area (Å²) in [6.45, 7) is 0.965. The number of anilines is 1. The average Bonchev–Trinajstić information content (AvgIpc) is 3.15. The molecule has 3 rings (SSSR count). The number of ether oxygens (including phenoxy) is 1. The van der Waals surface area contributed by atoms with Crippen LogP contribution in [-0.2, 0) is 19.6 Å². The number of nitrogens with one attached hydrogen (secondary N) is 1. The number of nitrogens with zero attached hydrogens (tertiary/aromatic N) is 2. The van der Waals surface area contributed by atoms with Crippen molar-refractivity contribution in [1.29, 1.82) is 0 Å². The van der Waals surface area contributed by atoms with Gasteiger partial charge in [-0.3, -0.25) is 4.79 Å². The molecule has 9 nitrogen and oxygen atoms in total. The van der Waals surface area contributed by atoms with Crippen LogP contribution < -0.4 is 5.32 Å². The molecule has 0 spiro atoms. The Labute approximate surface area is 190 Å². The first kappa shape index (κ1) is 23.5. The summed E-state index contributed by atoms with van der Waals surface area (Å²) in [6.07, 6.45) is 0. The molecule has 1 amide bonds. The molecule has 11 heteroatoms. The van der Waals surface area contributed by atoms with Gasteiger partial charge in [0.15, 0.2) is 6.61 Å². The minimum atomic E-state index is -3.81. The van der Waals surface area contributed by atoms with E-state index in [-0.39, 0.29) is 26.9 Å². The Kier molecular flexibility index (Phi) is 6.97. The molecule has 1 N–H and O–H groups in total. The normalized spacial score (nSPS) is 11.4. The fourth-order valence-corrected chi connectivity index (χ4v) is 4.18. The number of amides is 1. The first-order valence-electron chi connectivity index (χ1n) is 9.32. The van der Waals surface area contributed by atoms with Gasteiger partial charge in [0.25, 0.3) is 5.91 Å². The van der Waals surface area contributed by atoms with Gasteiger partial charge in [0.05, 0.1) is 5.02 Å². The summed E-state index contributed by atoms with van der Waals surface area (Å²) in [6, 6.07) is 13.0. The standard InChI is InChI=1S/C21H20ClN3O6S/c1-13-19(20(24-31-13)14-7-5-4-6-8-14)21(27)30-12-18(26)23-15-9-10-16(22)17(11-15)32(28,29)25(2)3/h4-11H,12H2,1-3H3,(H,23,26). The highest BCUT2D eigenvalue weighted by Crippen LogP contribution is 2.27. The summed E-state index contributed by atoms with van der Waals surface area (Å²) >= 11 is 6.00. The van der Waals surface area contributed by atoms with Gasteiger partial charge in [0, 0.05) is 25.3 Å². The SMILES string of the molecule is Cc1onc(-c2ccccc2)c1C(=O)OCC(=O)Nc1ccc(Cl)c(S(=O)(=O)N(C)C)c1. The lowest BCUT2D eigenvalue weighted by Crippen LogP contribution is -2.23. The zero-order valence-corrected chi connectivity index (χ0v) is 19.0. The summed E-state index contributed by atoms with van der Waals surface area (Å²) in [5, 5.41) is 6.41. The maximum atomic E-state index is 12.6. The number of halogens is 1. The summed E-state index contributed by atoms with van der Waals surface area (Å²) in [5.41, 5.74) is 1.28. The minimum absolute atomic E-state index is 0.0134. The molecule has 1 aromatic heterocycles. The first-order valence-corrected chi connectivity index (χ1v) is 11.1. The average molecular weight is 478 g/mol. The molecule has 0 aliphatic rings. The van der Waals surface area contributed by atoms with Gasteiger partial charge in [-0.05, 0) is 25.1 Å². The molecule has 3 aromatic rings. The maximum Gasteiger partial charge on any atom is 0.344 e. The van der Waals surface area contributed by atoms with Crippen molar-refractivity contribution in [2.45, 2.75) is 11.8 Å². The third-order valence-corrected chi connectivity index (χ3v) is 6.72. The van der Waals surface area contributed by atoms with E-state index in [1.807, 2.05) is 6.07 Å². The van der Waals surface area contributed by atoms with Crippen LogP contribution in [0.2, 0.25) is 5.02 Å². The van der Waals surface area contributed by atoms with Gasteiger partial charge in [-0.25, -0.2) is 17.5 Å². The highest BCUT2D eigenvalue weighted by molar-refractivity contribution is 7.89. The number of aryl methyl sites for hydroxylation is 1. The smallest absolute Gasteiger partial charge is 0.344 e. The first-order chi connectivity index (χ1) is 15.1. The van der Waals surface area contributed by atoms with Crippen molar-refractivity contribution in [3.63, 3.8) is 0 Å². The molecule has 0 aliphatic heterocycles. The van der Waals surface area contributed by atoms with Gasteiger partial charge in [-0.15, -0.1) is 0 Å². The van der Waals surface area contributed by atoms with Crippen molar-refractivity contribution in [1.82, 2.24) is 9.46 Å². The number of sulfonamides is 1. The zero-order valence-electron chi connectivity index (χ0n) is 17.5. The third kappa shape index (κ3) is 4.98. The minimum Gasteiger partial charge on any atom is -0.452 e. The number of carbonyl (C=O) groups excluding carboxylic acids is 2. The molecule has 2 aromatic carbocycles. The van der Waals surface area contributed by atoms with Crippen LogP contribution in [0.1, 0.15) is 16.1 Å². The second kappa shape index (κ2) is 9.51. The van der Waals surface area contributed by atoms with Crippen LogP contribution in [0.3, 0.4) is 0 Å². The Balaban J connectivity index is 1.71. The second-order valence-electron chi connectivity index (χ2n) is 6.89. The molecule has 0 fully saturated rings. The molecule has 0 saturated carbocycles. The van der Waals surface area contributed by atoms with Gasteiger partial charge in [0.1, 0.15) is 21.9 Å². The molecule has 0 unspecified atom stereocenters. The quantitative estimate of drug-likeness (QED) is 0.518. The Morgan fingerprint density at radius 1 is 1.16 bits per heavy atom. The molecule has 0 radical (unpaired) electrons. The summed E-state index contributed by atoms with van der Waals surface area (Å²) in [4.78, 5) is 24.7. The Morgan fingerprint density at radius 2 is 1.84 bits per heavy atom. The number of rotatable bonds is 7. The maximum absolute atomic E-state index is 12.6. The molecular formula is C21H20ClN3O6S. The van der Waals surface area contributed by atoms with Crippen LogP contribution in [0.4, 0.5) is 5.69 Å². The Morgan fingerprint density at radius 3 is 2.50 bits per heavy atom. The molecule has 32 heavy (non-hydrogen) atoms. The molecule has 168 valence electrons. The molecule has 0 atom stereocenters.